The zero-order valence-corrected chi connectivity index (χ0v) is 13.4. The van der Waals surface area contributed by atoms with Crippen molar-refractivity contribution < 1.29 is 13.4 Å². The van der Waals surface area contributed by atoms with Crippen molar-refractivity contribution in [1.29, 1.82) is 0 Å². The van der Waals surface area contributed by atoms with E-state index in [9.17, 15) is 13.4 Å². The molecule has 1 N–H and O–H groups in total. The molecule has 1 unspecified atom stereocenters. The van der Waals surface area contributed by atoms with Gasteiger partial charge in [0, 0.05) is 26.3 Å². The number of halogens is 2. The van der Waals surface area contributed by atoms with Crippen LogP contribution in [0.25, 0.3) is 0 Å². The number of thiophene rings is 1. The highest BCUT2D eigenvalue weighted by Gasteiger charge is 2.13. The Morgan fingerprint density at radius 1 is 1.33 bits per heavy atom. The van der Waals surface area contributed by atoms with Crippen LogP contribution in [0.3, 0.4) is 0 Å². The second-order valence-electron chi connectivity index (χ2n) is 4.28. The molecule has 112 valence electrons. The minimum absolute atomic E-state index is 0.0715. The summed E-state index contributed by atoms with van der Waals surface area (Å²) in [6, 6.07) is 8.08. The molecule has 2 rings (SSSR count). The van der Waals surface area contributed by atoms with E-state index in [1.807, 2.05) is 17.5 Å². The quantitative estimate of drug-likeness (QED) is 0.874. The second kappa shape index (κ2) is 7.68. The van der Waals surface area contributed by atoms with Crippen LogP contribution in [0.5, 0.6) is 0 Å². The van der Waals surface area contributed by atoms with Crippen LogP contribution < -0.4 is 5.32 Å². The lowest BCUT2D eigenvalue weighted by Gasteiger charge is -2.06. The van der Waals surface area contributed by atoms with E-state index in [2.05, 4.69) is 5.32 Å². The number of carbonyl (C=O) groups excluding carboxylic acids is 1. The number of hydrogen-bond donors (Lipinski definition) is 1. The van der Waals surface area contributed by atoms with Gasteiger partial charge in [-0.1, -0.05) is 23.7 Å². The maximum Gasteiger partial charge on any atom is 0.232 e. The lowest BCUT2D eigenvalue weighted by atomic mass is 10.2. The van der Waals surface area contributed by atoms with Gasteiger partial charge in [-0.25, -0.2) is 4.39 Å². The van der Waals surface area contributed by atoms with Crippen LogP contribution in [0.4, 0.5) is 4.39 Å². The van der Waals surface area contributed by atoms with Crippen molar-refractivity contribution in [2.24, 2.45) is 0 Å². The molecule has 1 amide bonds. The summed E-state index contributed by atoms with van der Waals surface area (Å²) < 4.78 is 25.5. The van der Waals surface area contributed by atoms with Crippen LogP contribution in [0.1, 0.15) is 10.4 Å². The molecule has 0 saturated carbocycles. The van der Waals surface area contributed by atoms with E-state index in [0.29, 0.717) is 6.54 Å². The molecule has 1 heterocycles. The summed E-state index contributed by atoms with van der Waals surface area (Å²) in [5, 5.41) is 4.82. The Morgan fingerprint density at radius 3 is 2.81 bits per heavy atom. The van der Waals surface area contributed by atoms with Crippen molar-refractivity contribution in [3.8, 4) is 0 Å². The number of carbonyl (C=O) groups is 1. The fourth-order valence-corrected chi connectivity index (χ4v) is 3.74. The van der Waals surface area contributed by atoms with Crippen LogP contribution in [0, 0.1) is 5.82 Å². The number of benzene rings is 1. The fourth-order valence-electron chi connectivity index (χ4n) is 1.68. The number of amides is 1. The van der Waals surface area contributed by atoms with E-state index < -0.39 is 16.6 Å². The topological polar surface area (TPSA) is 46.2 Å². The molecule has 3 nitrogen and oxygen atoms in total. The molecule has 21 heavy (non-hydrogen) atoms. The van der Waals surface area contributed by atoms with Crippen molar-refractivity contribution in [1.82, 2.24) is 5.32 Å². The lowest BCUT2D eigenvalue weighted by Crippen LogP contribution is -2.28. The highest BCUT2D eigenvalue weighted by molar-refractivity contribution is 7.84. The van der Waals surface area contributed by atoms with E-state index in [-0.39, 0.29) is 28.0 Å². The first-order valence-corrected chi connectivity index (χ1v) is 8.88. The summed E-state index contributed by atoms with van der Waals surface area (Å²) >= 11 is 7.40. The van der Waals surface area contributed by atoms with Gasteiger partial charge in [-0.15, -0.1) is 11.3 Å². The average Bonchev–Trinajstić information content (AvgIpc) is 2.94. The molecule has 1 aromatic carbocycles. The number of hydrogen-bond acceptors (Lipinski definition) is 3. The third kappa shape index (κ3) is 4.91. The van der Waals surface area contributed by atoms with Gasteiger partial charge in [0.25, 0.3) is 0 Å². The molecule has 7 heteroatoms. The van der Waals surface area contributed by atoms with E-state index >= 15 is 0 Å². The third-order valence-corrected chi connectivity index (χ3v) is 5.12. The first-order valence-electron chi connectivity index (χ1n) is 6.13. The van der Waals surface area contributed by atoms with Crippen molar-refractivity contribution in [3.63, 3.8) is 0 Å². The van der Waals surface area contributed by atoms with Crippen molar-refractivity contribution in [3.05, 3.63) is 57.0 Å². The molecular formula is C14H13ClFNO2S2. The minimum Gasteiger partial charge on any atom is -0.350 e. The molecule has 0 radical (unpaired) electrons. The van der Waals surface area contributed by atoms with Gasteiger partial charge in [0.05, 0.1) is 12.3 Å². The Bertz CT molecular complexity index is 626. The van der Waals surface area contributed by atoms with Crippen molar-refractivity contribution >= 4 is 39.6 Å². The smallest absolute Gasteiger partial charge is 0.232 e. The SMILES string of the molecule is O=C(CS(=O)Cc1c(F)cccc1Cl)NCc1cccs1. The Morgan fingerprint density at radius 2 is 2.14 bits per heavy atom. The van der Waals surface area contributed by atoms with Crippen LogP contribution in [-0.4, -0.2) is 15.9 Å². The van der Waals surface area contributed by atoms with Gasteiger partial charge in [-0.2, -0.15) is 0 Å². The molecular weight excluding hydrogens is 333 g/mol. The first-order chi connectivity index (χ1) is 10.1. The lowest BCUT2D eigenvalue weighted by molar-refractivity contribution is -0.118. The Labute approximate surface area is 133 Å². The van der Waals surface area contributed by atoms with Crippen LogP contribution in [0.2, 0.25) is 5.02 Å². The highest BCUT2D eigenvalue weighted by Crippen LogP contribution is 2.20. The molecule has 2 aromatic rings. The predicted octanol–water partition coefficient (Wildman–Crippen LogP) is 3.11. The molecule has 0 aliphatic carbocycles. The summed E-state index contributed by atoms with van der Waals surface area (Å²) in [6.45, 7) is 0.411. The van der Waals surface area contributed by atoms with Crippen molar-refractivity contribution in [2.75, 3.05) is 5.75 Å². The molecule has 0 bridgehead atoms. The zero-order valence-electron chi connectivity index (χ0n) is 11.0. The summed E-state index contributed by atoms with van der Waals surface area (Å²) in [6.07, 6.45) is 0. The van der Waals surface area contributed by atoms with E-state index in [4.69, 9.17) is 11.6 Å². The normalized spacial score (nSPS) is 12.1. The van der Waals surface area contributed by atoms with Crippen LogP contribution >= 0.6 is 22.9 Å². The fraction of sp³-hybridized carbons (Fsp3) is 0.214. The Hall–Kier alpha value is -1.24. The number of rotatable bonds is 6. The van der Waals surface area contributed by atoms with Gasteiger partial charge >= 0.3 is 0 Å². The van der Waals surface area contributed by atoms with Gasteiger partial charge in [0.2, 0.25) is 5.91 Å². The summed E-state index contributed by atoms with van der Waals surface area (Å²) in [5.74, 6) is -1.07. The van der Waals surface area contributed by atoms with Gasteiger partial charge in [-0.05, 0) is 23.6 Å². The van der Waals surface area contributed by atoms with Gasteiger partial charge in [0.15, 0.2) is 0 Å². The molecule has 1 atom stereocenters. The summed E-state index contributed by atoms with van der Waals surface area (Å²) in [7, 11) is -1.50. The standard InChI is InChI=1S/C14H13ClFNO2S2/c15-12-4-1-5-13(16)11(12)8-21(19)9-14(18)17-7-10-3-2-6-20-10/h1-6H,7-9H2,(H,17,18). The molecule has 0 saturated heterocycles. The van der Waals surface area contributed by atoms with E-state index in [1.165, 1.54) is 29.5 Å². The maximum absolute atomic E-state index is 13.6. The van der Waals surface area contributed by atoms with Gasteiger partial charge in [0.1, 0.15) is 11.6 Å². The maximum atomic E-state index is 13.6. The largest absolute Gasteiger partial charge is 0.350 e. The highest BCUT2D eigenvalue weighted by atomic mass is 35.5. The monoisotopic (exact) mass is 345 g/mol. The van der Waals surface area contributed by atoms with E-state index in [0.717, 1.165) is 4.88 Å². The van der Waals surface area contributed by atoms with Crippen molar-refractivity contribution in [2.45, 2.75) is 12.3 Å². The Balaban J connectivity index is 1.85. The summed E-state index contributed by atoms with van der Waals surface area (Å²) in [5.41, 5.74) is 0.184. The number of nitrogens with one attached hydrogen (secondary N) is 1. The molecule has 0 fully saturated rings. The Kier molecular flexibility index (Phi) is 5.90. The van der Waals surface area contributed by atoms with Gasteiger partial charge < -0.3 is 5.32 Å². The molecule has 0 spiro atoms. The molecule has 0 aliphatic heterocycles. The second-order valence-corrected chi connectivity index (χ2v) is 7.18. The zero-order chi connectivity index (χ0) is 15.2. The minimum atomic E-state index is -1.50. The third-order valence-electron chi connectivity index (χ3n) is 2.70. The average molecular weight is 346 g/mol. The van der Waals surface area contributed by atoms with Crippen LogP contribution in [-0.2, 0) is 27.9 Å². The molecule has 1 aromatic heterocycles. The molecule has 0 aliphatic rings. The van der Waals surface area contributed by atoms with Crippen LogP contribution in [0.15, 0.2) is 35.7 Å². The first kappa shape index (κ1) is 16.1. The van der Waals surface area contributed by atoms with E-state index in [1.54, 1.807) is 0 Å². The summed E-state index contributed by atoms with van der Waals surface area (Å²) in [4.78, 5) is 12.7. The predicted molar refractivity (Wildman–Crippen MR) is 84.3 cm³/mol. The van der Waals surface area contributed by atoms with Gasteiger partial charge in [-0.3, -0.25) is 9.00 Å².